The molecular formula is C13H19NO. The molecule has 0 aromatic heterocycles. The van der Waals surface area contributed by atoms with Crippen LogP contribution in [0, 0.1) is 5.92 Å². The molecule has 0 spiro atoms. The fraction of sp³-hybridized carbons (Fsp3) is 0.538. The maximum Gasteiger partial charge on any atom is 0.115 e. The third-order valence-electron chi connectivity index (χ3n) is 3.14. The molecule has 2 nitrogen and oxygen atoms in total. The van der Waals surface area contributed by atoms with Crippen LogP contribution >= 0.6 is 0 Å². The highest BCUT2D eigenvalue weighted by atomic mass is 16.3. The standard InChI is InChI=1S/C13H19NO/c1-14(2)9-10-3-4-12-8-13(15)6-5-11(12)7-10/h5-6,8,10,15H,3-4,7,9H2,1-2H3. The van der Waals surface area contributed by atoms with Crippen molar-refractivity contribution in [1.82, 2.24) is 4.90 Å². The molecule has 0 aliphatic heterocycles. The number of hydrogen-bond donors (Lipinski definition) is 1. The molecule has 2 rings (SSSR count). The highest BCUT2D eigenvalue weighted by Crippen LogP contribution is 2.28. The minimum atomic E-state index is 0.403. The Morgan fingerprint density at radius 1 is 1.33 bits per heavy atom. The van der Waals surface area contributed by atoms with Crippen molar-refractivity contribution in [2.75, 3.05) is 20.6 Å². The van der Waals surface area contributed by atoms with Crippen LogP contribution in [0.4, 0.5) is 0 Å². The van der Waals surface area contributed by atoms with Gasteiger partial charge in [0.1, 0.15) is 5.75 Å². The average molecular weight is 205 g/mol. The molecule has 1 aliphatic carbocycles. The maximum atomic E-state index is 9.39. The third kappa shape index (κ3) is 2.51. The fourth-order valence-electron chi connectivity index (χ4n) is 2.49. The Labute approximate surface area is 91.5 Å². The van der Waals surface area contributed by atoms with E-state index in [9.17, 15) is 5.11 Å². The second-order valence-corrected chi connectivity index (χ2v) is 4.82. The monoisotopic (exact) mass is 205 g/mol. The molecule has 0 bridgehead atoms. The molecule has 0 fully saturated rings. The molecule has 0 saturated carbocycles. The lowest BCUT2D eigenvalue weighted by Gasteiger charge is -2.27. The van der Waals surface area contributed by atoms with Crippen LogP contribution in [-0.2, 0) is 12.8 Å². The summed E-state index contributed by atoms with van der Waals surface area (Å²) in [6.07, 6.45) is 3.52. The first-order chi connectivity index (χ1) is 7.15. The van der Waals surface area contributed by atoms with Gasteiger partial charge in [-0.3, -0.25) is 0 Å². The molecule has 1 aromatic rings. The molecule has 2 heteroatoms. The normalized spacial score (nSPS) is 20.3. The smallest absolute Gasteiger partial charge is 0.115 e. The van der Waals surface area contributed by atoms with E-state index in [1.165, 1.54) is 24.1 Å². The van der Waals surface area contributed by atoms with Crippen molar-refractivity contribution in [2.24, 2.45) is 5.92 Å². The lowest BCUT2D eigenvalue weighted by Crippen LogP contribution is -2.26. The minimum Gasteiger partial charge on any atom is -0.508 e. The van der Waals surface area contributed by atoms with E-state index in [0.29, 0.717) is 5.75 Å². The second kappa shape index (κ2) is 4.23. The average Bonchev–Trinajstić information content (AvgIpc) is 2.17. The van der Waals surface area contributed by atoms with Crippen molar-refractivity contribution in [3.8, 4) is 5.75 Å². The first kappa shape index (κ1) is 10.5. The van der Waals surface area contributed by atoms with E-state index >= 15 is 0 Å². The SMILES string of the molecule is CN(C)CC1CCc2cc(O)ccc2C1. The third-order valence-corrected chi connectivity index (χ3v) is 3.14. The van der Waals surface area contributed by atoms with Crippen molar-refractivity contribution in [3.63, 3.8) is 0 Å². The number of phenols is 1. The van der Waals surface area contributed by atoms with Crippen LogP contribution in [0.5, 0.6) is 5.75 Å². The zero-order valence-electron chi connectivity index (χ0n) is 9.53. The van der Waals surface area contributed by atoms with E-state index in [0.717, 1.165) is 18.8 Å². The number of aromatic hydroxyl groups is 1. The fourth-order valence-corrected chi connectivity index (χ4v) is 2.49. The van der Waals surface area contributed by atoms with Crippen molar-refractivity contribution in [3.05, 3.63) is 29.3 Å². The molecule has 15 heavy (non-hydrogen) atoms. The Morgan fingerprint density at radius 3 is 2.87 bits per heavy atom. The lowest BCUT2D eigenvalue weighted by atomic mass is 9.83. The summed E-state index contributed by atoms with van der Waals surface area (Å²) in [5, 5.41) is 9.39. The van der Waals surface area contributed by atoms with Gasteiger partial charge >= 0.3 is 0 Å². The molecule has 0 heterocycles. The Morgan fingerprint density at radius 2 is 2.13 bits per heavy atom. The van der Waals surface area contributed by atoms with E-state index in [4.69, 9.17) is 0 Å². The van der Waals surface area contributed by atoms with Crippen LogP contribution in [0.2, 0.25) is 0 Å². The Kier molecular flexibility index (Phi) is 2.96. The Balaban J connectivity index is 2.10. The highest BCUT2D eigenvalue weighted by molar-refractivity contribution is 5.36. The molecule has 1 unspecified atom stereocenters. The quantitative estimate of drug-likeness (QED) is 0.799. The van der Waals surface area contributed by atoms with Crippen molar-refractivity contribution in [1.29, 1.82) is 0 Å². The molecular weight excluding hydrogens is 186 g/mol. The van der Waals surface area contributed by atoms with E-state index in [1.807, 2.05) is 6.07 Å². The van der Waals surface area contributed by atoms with Crippen LogP contribution in [0.3, 0.4) is 0 Å². The van der Waals surface area contributed by atoms with Crippen LogP contribution in [-0.4, -0.2) is 30.6 Å². The van der Waals surface area contributed by atoms with E-state index < -0.39 is 0 Å². The summed E-state index contributed by atoms with van der Waals surface area (Å²) in [4.78, 5) is 2.26. The number of aryl methyl sites for hydroxylation is 1. The Bertz CT molecular complexity index is 346. The van der Waals surface area contributed by atoms with Gasteiger partial charge in [-0.25, -0.2) is 0 Å². The van der Waals surface area contributed by atoms with Crippen LogP contribution in [0.1, 0.15) is 17.5 Å². The predicted octanol–water partition coefficient (Wildman–Crippen LogP) is 2.06. The summed E-state index contributed by atoms with van der Waals surface area (Å²) in [6.45, 7) is 1.17. The van der Waals surface area contributed by atoms with Gasteiger partial charge in [-0.15, -0.1) is 0 Å². The molecule has 82 valence electrons. The number of rotatable bonds is 2. The van der Waals surface area contributed by atoms with Gasteiger partial charge in [0, 0.05) is 6.54 Å². The molecule has 1 aliphatic rings. The summed E-state index contributed by atoms with van der Waals surface area (Å²) < 4.78 is 0. The summed E-state index contributed by atoms with van der Waals surface area (Å²) in [6, 6.07) is 5.80. The maximum absolute atomic E-state index is 9.39. The number of phenolic OH excluding ortho intramolecular Hbond substituents is 1. The molecule has 0 saturated heterocycles. The van der Waals surface area contributed by atoms with Gasteiger partial charge in [0.15, 0.2) is 0 Å². The summed E-state index contributed by atoms with van der Waals surface area (Å²) in [7, 11) is 4.26. The van der Waals surface area contributed by atoms with Crippen molar-refractivity contribution < 1.29 is 5.11 Å². The number of hydrogen-bond acceptors (Lipinski definition) is 2. The van der Waals surface area contributed by atoms with Crippen LogP contribution in [0.15, 0.2) is 18.2 Å². The second-order valence-electron chi connectivity index (χ2n) is 4.82. The van der Waals surface area contributed by atoms with E-state index in [2.05, 4.69) is 25.1 Å². The number of benzene rings is 1. The zero-order chi connectivity index (χ0) is 10.8. The predicted molar refractivity (Wildman–Crippen MR) is 62.2 cm³/mol. The highest BCUT2D eigenvalue weighted by Gasteiger charge is 2.19. The van der Waals surface area contributed by atoms with Crippen LogP contribution in [0.25, 0.3) is 0 Å². The number of fused-ring (bicyclic) bond motifs is 1. The van der Waals surface area contributed by atoms with E-state index in [1.54, 1.807) is 6.07 Å². The number of nitrogens with zero attached hydrogens (tertiary/aromatic N) is 1. The molecule has 0 amide bonds. The molecule has 0 radical (unpaired) electrons. The zero-order valence-corrected chi connectivity index (χ0v) is 9.53. The van der Waals surface area contributed by atoms with Gasteiger partial charge in [-0.05, 0) is 62.5 Å². The topological polar surface area (TPSA) is 23.5 Å². The summed E-state index contributed by atoms with van der Waals surface area (Å²) in [5.41, 5.74) is 2.76. The first-order valence-corrected chi connectivity index (χ1v) is 5.60. The van der Waals surface area contributed by atoms with Crippen molar-refractivity contribution >= 4 is 0 Å². The van der Waals surface area contributed by atoms with Gasteiger partial charge in [-0.2, -0.15) is 0 Å². The van der Waals surface area contributed by atoms with Crippen LogP contribution < -0.4 is 0 Å². The molecule has 1 N–H and O–H groups in total. The van der Waals surface area contributed by atoms with Gasteiger partial charge in [-0.1, -0.05) is 6.07 Å². The Hall–Kier alpha value is -1.02. The molecule has 1 atom stereocenters. The summed E-state index contributed by atoms with van der Waals surface area (Å²) in [5.74, 6) is 1.18. The van der Waals surface area contributed by atoms with Gasteiger partial charge in [0.05, 0.1) is 0 Å². The van der Waals surface area contributed by atoms with Gasteiger partial charge in [0.25, 0.3) is 0 Å². The molecule has 1 aromatic carbocycles. The minimum absolute atomic E-state index is 0.403. The first-order valence-electron chi connectivity index (χ1n) is 5.60. The van der Waals surface area contributed by atoms with Gasteiger partial charge in [0.2, 0.25) is 0 Å². The largest absolute Gasteiger partial charge is 0.508 e. The summed E-state index contributed by atoms with van der Waals surface area (Å²) >= 11 is 0. The van der Waals surface area contributed by atoms with Crippen molar-refractivity contribution in [2.45, 2.75) is 19.3 Å². The van der Waals surface area contributed by atoms with E-state index in [-0.39, 0.29) is 0 Å². The lowest BCUT2D eigenvalue weighted by molar-refractivity contribution is 0.302. The van der Waals surface area contributed by atoms with Gasteiger partial charge < -0.3 is 10.0 Å².